The van der Waals surface area contributed by atoms with Gasteiger partial charge in [-0.2, -0.15) is 0 Å². The van der Waals surface area contributed by atoms with Gasteiger partial charge in [0, 0.05) is 12.3 Å². The smallest absolute Gasteiger partial charge is 0.323 e. The molecule has 0 aliphatic carbocycles. The molecule has 0 aromatic heterocycles. The summed E-state index contributed by atoms with van der Waals surface area (Å²) in [5, 5.41) is 18.1. The predicted octanol–water partition coefficient (Wildman–Crippen LogP) is 0.989. The van der Waals surface area contributed by atoms with Crippen LogP contribution in [-0.4, -0.2) is 41.3 Å². The summed E-state index contributed by atoms with van der Waals surface area (Å²) in [5.74, 6) is -1.39. The van der Waals surface area contributed by atoms with Gasteiger partial charge in [0.2, 0.25) is 0 Å². The molecule has 0 spiro atoms. The number of rotatable bonds is 4. The number of aliphatic carboxylic acids is 1. The summed E-state index contributed by atoms with van der Waals surface area (Å²) >= 11 is 0. The predicted molar refractivity (Wildman–Crippen MR) is 67.1 cm³/mol. The first-order chi connectivity index (χ1) is 9.08. The summed E-state index contributed by atoms with van der Waals surface area (Å²) in [6.07, 6.45) is 0.827. The van der Waals surface area contributed by atoms with Crippen molar-refractivity contribution in [1.82, 2.24) is 0 Å². The highest BCUT2D eigenvalue weighted by molar-refractivity contribution is 6.00. The molecule has 1 fully saturated rings. The molecule has 1 aliphatic heterocycles. The number of benzene rings is 1. The number of carbonyl (C=O) groups excluding carboxylic acids is 1. The lowest BCUT2D eigenvalue weighted by molar-refractivity contribution is -0.137. The Labute approximate surface area is 110 Å². The number of hydrogen-bond donors (Lipinski definition) is 2. The van der Waals surface area contributed by atoms with Gasteiger partial charge >= 0.3 is 5.97 Å². The molecule has 19 heavy (non-hydrogen) atoms. The van der Waals surface area contributed by atoms with Crippen LogP contribution in [0, 0.1) is 0 Å². The van der Waals surface area contributed by atoms with E-state index >= 15 is 0 Å². The number of carbonyl (C=O) groups is 2. The normalized spacial score (nSPS) is 18.2. The lowest BCUT2D eigenvalue weighted by Gasteiger charge is -2.23. The van der Waals surface area contributed by atoms with E-state index in [2.05, 4.69) is 0 Å². The Kier molecular flexibility index (Phi) is 4.01. The zero-order valence-electron chi connectivity index (χ0n) is 10.3. The Hall–Kier alpha value is -2.08. The van der Waals surface area contributed by atoms with Crippen molar-refractivity contribution in [3.8, 4) is 5.75 Å². The zero-order chi connectivity index (χ0) is 13.8. The number of hydrogen-bond acceptors (Lipinski definition) is 4. The quantitative estimate of drug-likeness (QED) is 0.847. The standard InChI is InChI=1S/C13H15NO5/c15-10-5-3-9(4-6-10)14(8-12(16)17)13(18)11-2-1-7-19-11/h3-6,11,15H,1-2,7-8H2,(H,16,17)/t11-/m0/s1. The van der Waals surface area contributed by atoms with Crippen LogP contribution in [0.3, 0.4) is 0 Å². The Morgan fingerprint density at radius 2 is 2.00 bits per heavy atom. The summed E-state index contributed by atoms with van der Waals surface area (Å²) in [6, 6.07) is 5.83. The van der Waals surface area contributed by atoms with Crippen molar-refractivity contribution in [3.05, 3.63) is 24.3 Å². The van der Waals surface area contributed by atoms with E-state index in [4.69, 9.17) is 9.84 Å². The molecule has 1 atom stereocenters. The third-order valence-corrected chi connectivity index (χ3v) is 2.93. The van der Waals surface area contributed by atoms with Gasteiger partial charge in [-0.15, -0.1) is 0 Å². The second-order valence-electron chi connectivity index (χ2n) is 4.34. The summed E-state index contributed by atoms with van der Waals surface area (Å²) in [6.45, 7) is 0.0936. The van der Waals surface area contributed by atoms with E-state index in [0.29, 0.717) is 18.7 Å². The highest BCUT2D eigenvalue weighted by Gasteiger charge is 2.30. The minimum atomic E-state index is -1.10. The second-order valence-corrected chi connectivity index (χ2v) is 4.34. The van der Waals surface area contributed by atoms with Gasteiger partial charge in [0.05, 0.1) is 0 Å². The molecule has 1 amide bonds. The molecule has 1 saturated heterocycles. The van der Waals surface area contributed by atoms with Crippen molar-refractivity contribution < 1.29 is 24.5 Å². The van der Waals surface area contributed by atoms with Crippen LogP contribution in [0.1, 0.15) is 12.8 Å². The van der Waals surface area contributed by atoms with Crippen LogP contribution in [0.25, 0.3) is 0 Å². The average Bonchev–Trinajstić information content (AvgIpc) is 2.90. The van der Waals surface area contributed by atoms with E-state index in [1.54, 1.807) is 0 Å². The number of ether oxygens (including phenoxy) is 1. The molecule has 0 saturated carbocycles. The maximum Gasteiger partial charge on any atom is 0.323 e. The fourth-order valence-electron chi connectivity index (χ4n) is 2.01. The molecule has 1 aromatic rings. The van der Waals surface area contributed by atoms with Crippen molar-refractivity contribution in [3.63, 3.8) is 0 Å². The molecule has 6 nitrogen and oxygen atoms in total. The molecule has 0 bridgehead atoms. The van der Waals surface area contributed by atoms with Gasteiger partial charge in [-0.05, 0) is 37.1 Å². The van der Waals surface area contributed by atoms with Gasteiger partial charge in [0.25, 0.3) is 5.91 Å². The lowest BCUT2D eigenvalue weighted by Crippen LogP contribution is -2.42. The first kappa shape index (κ1) is 13.4. The van der Waals surface area contributed by atoms with Crippen molar-refractivity contribution in [1.29, 1.82) is 0 Å². The fourth-order valence-corrected chi connectivity index (χ4v) is 2.01. The van der Waals surface area contributed by atoms with Crippen molar-refractivity contribution in [2.75, 3.05) is 18.1 Å². The zero-order valence-corrected chi connectivity index (χ0v) is 10.3. The number of phenols is 1. The molecule has 1 aliphatic rings. The summed E-state index contributed by atoms with van der Waals surface area (Å²) in [4.78, 5) is 24.3. The lowest BCUT2D eigenvalue weighted by atomic mass is 10.2. The molecule has 1 aromatic carbocycles. The monoisotopic (exact) mass is 265 g/mol. The van der Waals surface area contributed by atoms with Crippen molar-refractivity contribution in [2.45, 2.75) is 18.9 Å². The number of carboxylic acid groups (broad SMARTS) is 1. The van der Waals surface area contributed by atoms with Crippen LogP contribution in [0.4, 0.5) is 5.69 Å². The molecular weight excluding hydrogens is 250 g/mol. The Bertz CT molecular complexity index is 464. The van der Waals surface area contributed by atoms with E-state index in [1.165, 1.54) is 24.3 Å². The minimum absolute atomic E-state index is 0.0589. The molecule has 6 heteroatoms. The van der Waals surface area contributed by atoms with Gasteiger partial charge in [-0.1, -0.05) is 0 Å². The van der Waals surface area contributed by atoms with Gasteiger partial charge < -0.3 is 14.9 Å². The molecule has 0 radical (unpaired) electrons. The SMILES string of the molecule is O=C(O)CN(C(=O)[C@@H]1CCCO1)c1ccc(O)cc1. The molecule has 2 rings (SSSR count). The number of phenolic OH excluding ortho intramolecular Hbond substituents is 1. The summed E-state index contributed by atoms with van der Waals surface area (Å²) in [7, 11) is 0. The average molecular weight is 265 g/mol. The number of amides is 1. The largest absolute Gasteiger partial charge is 0.508 e. The first-order valence-corrected chi connectivity index (χ1v) is 6.02. The highest BCUT2D eigenvalue weighted by Crippen LogP contribution is 2.22. The first-order valence-electron chi connectivity index (χ1n) is 6.02. The van der Waals surface area contributed by atoms with E-state index in [0.717, 1.165) is 11.3 Å². The van der Waals surface area contributed by atoms with Gasteiger partial charge in [-0.3, -0.25) is 14.5 Å². The van der Waals surface area contributed by atoms with Crippen molar-refractivity contribution in [2.24, 2.45) is 0 Å². The van der Waals surface area contributed by atoms with Crippen LogP contribution in [0.2, 0.25) is 0 Å². The molecule has 102 valence electrons. The van der Waals surface area contributed by atoms with Crippen LogP contribution in [0.5, 0.6) is 5.75 Å². The number of nitrogens with zero attached hydrogens (tertiary/aromatic N) is 1. The van der Waals surface area contributed by atoms with Crippen LogP contribution < -0.4 is 4.90 Å². The van der Waals surface area contributed by atoms with Crippen LogP contribution >= 0.6 is 0 Å². The van der Waals surface area contributed by atoms with Gasteiger partial charge in [0.15, 0.2) is 0 Å². The number of aromatic hydroxyl groups is 1. The summed E-state index contributed by atoms with van der Waals surface area (Å²) < 4.78 is 5.29. The topological polar surface area (TPSA) is 87.1 Å². The minimum Gasteiger partial charge on any atom is -0.508 e. The van der Waals surface area contributed by atoms with E-state index < -0.39 is 18.6 Å². The van der Waals surface area contributed by atoms with Crippen molar-refractivity contribution >= 4 is 17.6 Å². The third-order valence-electron chi connectivity index (χ3n) is 2.93. The maximum absolute atomic E-state index is 12.2. The Morgan fingerprint density at radius 1 is 1.32 bits per heavy atom. The van der Waals surface area contributed by atoms with Gasteiger partial charge in [-0.25, -0.2) is 0 Å². The fraction of sp³-hybridized carbons (Fsp3) is 0.385. The molecule has 0 unspecified atom stereocenters. The molecular formula is C13H15NO5. The second kappa shape index (κ2) is 5.71. The Morgan fingerprint density at radius 3 is 2.53 bits per heavy atom. The van der Waals surface area contributed by atoms with Crippen LogP contribution in [0.15, 0.2) is 24.3 Å². The molecule has 1 heterocycles. The highest BCUT2D eigenvalue weighted by atomic mass is 16.5. The molecule has 2 N–H and O–H groups in total. The van der Waals surface area contributed by atoms with Crippen LogP contribution in [-0.2, 0) is 14.3 Å². The van der Waals surface area contributed by atoms with E-state index in [1.807, 2.05) is 0 Å². The number of anilines is 1. The van der Waals surface area contributed by atoms with Gasteiger partial charge in [0.1, 0.15) is 18.4 Å². The van der Waals surface area contributed by atoms with E-state index in [-0.39, 0.29) is 11.7 Å². The maximum atomic E-state index is 12.2. The number of carboxylic acids is 1. The van der Waals surface area contributed by atoms with E-state index in [9.17, 15) is 14.7 Å². The Balaban J connectivity index is 2.21. The summed E-state index contributed by atoms with van der Waals surface area (Å²) in [5.41, 5.74) is 0.431. The third kappa shape index (κ3) is 3.23.